The van der Waals surface area contributed by atoms with Gasteiger partial charge in [-0.2, -0.15) is 5.10 Å². The Labute approximate surface area is 127 Å². The first-order valence-corrected chi connectivity index (χ1v) is 7.15. The lowest BCUT2D eigenvalue weighted by molar-refractivity contribution is -0.126. The van der Waals surface area contributed by atoms with E-state index in [1.807, 2.05) is 19.1 Å². The maximum Gasteiger partial charge on any atom is 0.227 e. The van der Waals surface area contributed by atoms with Crippen molar-refractivity contribution in [3.63, 3.8) is 0 Å². The first-order valence-electron chi connectivity index (χ1n) is 7.15. The van der Waals surface area contributed by atoms with E-state index in [1.165, 1.54) is 0 Å². The van der Waals surface area contributed by atoms with Gasteiger partial charge in [0.05, 0.1) is 24.3 Å². The van der Waals surface area contributed by atoms with Gasteiger partial charge in [-0.15, -0.1) is 0 Å². The van der Waals surface area contributed by atoms with Crippen molar-refractivity contribution in [2.75, 3.05) is 11.4 Å². The van der Waals surface area contributed by atoms with Gasteiger partial charge in [-0.25, -0.2) is 0 Å². The van der Waals surface area contributed by atoms with Gasteiger partial charge in [-0.05, 0) is 19.1 Å². The number of amides is 2. The lowest BCUT2D eigenvalue weighted by Gasteiger charge is -2.14. The number of anilines is 1. The van der Waals surface area contributed by atoms with Gasteiger partial charge < -0.3 is 14.6 Å². The molecule has 2 aromatic rings. The minimum atomic E-state index is -0.344. The van der Waals surface area contributed by atoms with Crippen molar-refractivity contribution in [3.05, 3.63) is 36.0 Å². The van der Waals surface area contributed by atoms with E-state index in [-0.39, 0.29) is 24.2 Å². The summed E-state index contributed by atoms with van der Waals surface area (Å²) in [6.07, 6.45) is 3.62. The van der Waals surface area contributed by atoms with Crippen LogP contribution in [0.3, 0.4) is 0 Å². The summed E-state index contributed by atoms with van der Waals surface area (Å²) in [6.45, 7) is 2.57. The Hall–Kier alpha value is -2.57. The van der Waals surface area contributed by atoms with E-state index in [1.54, 1.807) is 29.0 Å². The molecule has 0 spiro atoms. The highest BCUT2D eigenvalue weighted by atomic mass is 16.3. The highest BCUT2D eigenvalue weighted by Crippen LogP contribution is 2.24. The molecule has 22 heavy (non-hydrogen) atoms. The Morgan fingerprint density at radius 2 is 2.32 bits per heavy atom. The maximum absolute atomic E-state index is 12.2. The van der Waals surface area contributed by atoms with E-state index in [4.69, 9.17) is 4.42 Å². The normalized spacial score (nSPS) is 18.0. The second-order valence-electron chi connectivity index (χ2n) is 5.51. The molecule has 0 radical (unpaired) electrons. The molecule has 0 saturated carbocycles. The Morgan fingerprint density at radius 1 is 1.50 bits per heavy atom. The third-order valence-electron chi connectivity index (χ3n) is 3.73. The number of furan rings is 1. The second-order valence-corrected chi connectivity index (χ2v) is 5.51. The molecule has 3 heterocycles. The maximum atomic E-state index is 12.2. The molecule has 1 atom stereocenters. The van der Waals surface area contributed by atoms with Crippen LogP contribution in [-0.2, 0) is 23.2 Å². The quantitative estimate of drug-likeness (QED) is 0.913. The number of aryl methyl sites for hydroxylation is 2. The van der Waals surface area contributed by atoms with Crippen LogP contribution in [0.1, 0.15) is 17.9 Å². The molecule has 3 rings (SSSR count). The van der Waals surface area contributed by atoms with Crippen LogP contribution >= 0.6 is 0 Å². The number of aromatic nitrogens is 2. The van der Waals surface area contributed by atoms with Crippen LogP contribution in [-0.4, -0.2) is 28.1 Å². The number of rotatable bonds is 4. The molecular formula is C15H18N4O3. The largest absolute Gasteiger partial charge is 0.465 e. The van der Waals surface area contributed by atoms with Gasteiger partial charge in [0.2, 0.25) is 11.8 Å². The van der Waals surface area contributed by atoms with Crippen molar-refractivity contribution in [2.45, 2.75) is 19.9 Å². The highest BCUT2D eigenvalue weighted by molar-refractivity contribution is 6.00. The standard InChI is InChI=1S/C15H18N4O3/c1-10-3-4-13(22-10)7-16-15(21)11-5-14(20)19(8-11)12-6-17-18(2)9-12/h3-4,6,9,11H,5,7-8H2,1-2H3,(H,16,21)/t11-/m0/s1. The minimum Gasteiger partial charge on any atom is -0.465 e. The summed E-state index contributed by atoms with van der Waals surface area (Å²) in [5.41, 5.74) is 0.726. The molecule has 1 aliphatic rings. The Balaban J connectivity index is 1.59. The van der Waals surface area contributed by atoms with Crippen molar-refractivity contribution < 1.29 is 14.0 Å². The molecule has 0 unspecified atom stereocenters. The van der Waals surface area contributed by atoms with E-state index in [0.717, 1.165) is 11.4 Å². The van der Waals surface area contributed by atoms with E-state index in [2.05, 4.69) is 10.4 Å². The van der Waals surface area contributed by atoms with Gasteiger partial charge in [-0.3, -0.25) is 14.3 Å². The summed E-state index contributed by atoms with van der Waals surface area (Å²) in [7, 11) is 1.79. The lowest BCUT2D eigenvalue weighted by atomic mass is 10.1. The Bertz CT molecular complexity index is 703. The lowest BCUT2D eigenvalue weighted by Crippen LogP contribution is -2.32. The van der Waals surface area contributed by atoms with Crippen LogP contribution in [0.5, 0.6) is 0 Å². The van der Waals surface area contributed by atoms with Crippen molar-refractivity contribution in [1.29, 1.82) is 0 Å². The molecule has 1 aliphatic heterocycles. The molecule has 1 fully saturated rings. The van der Waals surface area contributed by atoms with E-state index in [9.17, 15) is 9.59 Å². The van der Waals surface area contributed by atoms with Gasteiger partial charge in [-0.1, -0.05) is 0 Å². The van der Waals surface area contributed by atoms with Crippen LogP contribution in [0.4, 0.5) is 5.69 Å². The molecule has 1 saturated heterocycles. The fourth-order valence-corrected chi connectivity index (χ4v) is 2.58. The number of nitrogens with one attached hydrogen (secondary N) is 1. The average molecular weight is 302 g/mol. The molecule has 2 amide bonds. The van der Waals surface area contributed by atoms with Crippen molar-refractivity contribution >= 4 is 17.5 Å². The van der Waals surface area contributed by atoms with Crippen molar-refractivity contribution in [2.24, 2.45) is 13.0 Å². The molecular weight excluding hydrogens is 284 g/mol. The van der Waals surface area contributed by atoms with Crippen LogP contribution in [0.2, 0.25) is 0 Å². The highest BCUT2D eigenvalue weighted by Gasteiger charge is 2.35. The SMILES string of the molecule is Cc1ccc(CNC(=O)[C@H]2CC(=O)N(c3cnn(C)c3)C2)o1. The van der Waals surface area contributed by atoms with Crippen molar-refractivity contribution in [1.82, 2.24) is 15.1 Å². The average Bonchev–Trinajstić information content (AvgIpc) is 3.17. The third-order valence-corrected chi connectivity index (χ3v) is 3.73. The van der Waals surface area contributed by atoms with Crippen LogP contribution in [0.25, 0.3) is 0 Å². The Kier molecular flexibility index (Phi) is 3.70. The number of hydrogen-bond donors (Lipinski definition) is 1. The summed E-state index contributed by atoms with van der Waals surface area (Å²) >= 11 is 0. The van der Waals surface area contributed by atoms with Crippen LogP contribution < -0.4 is 10.2 Å². The van der Waals surface area contributed by atoms with E-state index >= 15 is 0 Å². The smallest absolute Gasteiger partial charge is 0.227 e. The zero-order chi connectivity index (χ0) is 15.7. The predicted molar refractivity (Wildman–Crippen MR) is 79.0 cm³/mol. The summed E-state index contributed by atoms with van der Waals surface area (Å²) in [4.78, 5) is 25.9. The molecule has 1 N–H and O–H groups in total. The molecule has 116 valence electrons. The topological polar surface area (TPSA) is 80.4 Å². The summed E-state index contributed by atoms with van der Waals surface area (Å²) in [5.74, 6) is 0.988. The number of carbonyl (C=O) groups is 2. The van der Waals surface area contributed by atoms with Gasteiger partial charge in [0.25, 0.3) is 0 Å². The van der Waals surface area contributed by atoms with Gasteiger partial charge in [0.1, 0.15) is 11.5 Å². The summed E-state index contributed by atoms with van der Waals surface area (Å²) in [5, 5.41) is 6.87. The third kappa shape index (κ3) is 2.88. The van der Waals surface area contributed by atoms with Gasteiger partial charge in [0.15, 0.2) is 0 Å². The Morgan fingerprint density at radius 3 is 2.95 bits per heavy atom. The first kappa shape index (κ1) is 14.4. The van der Waals surface area contributed by atoms with E-state index < -0.39 is 0 Å². The number of carbonyl (C=O) groups excluding carboxylic acids is 2. The molecule has 7 nitrogen and oxygen atoms in total. The number of hydrogen-bond acceptors (Lipinski definition) is 4. The monoisotopic (exact) mass is 302 g/mol. The molecule has 0 bridgehead atoms. The van der Waals surface area contributed by atoms with Crippen LogP contribution in [0, 0.1) is 12.8 Å². The zero-order valence-electron chi connectivity index (χ0n) is 12.6. The zero-order valence-corrected chi connectivity index (χ0v) is 12.6. The predicted octanol–water partition coefficient (Wildman–Crippen LogP) is 0.991. The molecule has 2 aromatic heterocycles. The van der Waals surface area contributed by atoms with E-state index in [0.29, 0.717) is 18.8 Å². The molecule has 0 aromatic carbocycles. The summed E-state index contributed by atoms with van der Waals surface area (Å²) in [6, 6.07) is 3.68. The number of nitrogens with zero attached hydrogens (tertiary/aromatic N) is 3. The molecule has 7 heteroatoms. The fraction of sp³-hybridized carbons (Fsp3) is 0.400. The fourth-order valence-electron chi connectivity index (χ4n) is 2.58. The minimum absolute atomic E-state index is 0.0537. The first-order chi connectivity index (χ1) is 10.5. The van der Waals surface area contributed by atoms with Crippen LogP contribution in [0.15, 0.2) is 28.9 Å². The molecule has 0 aliphatic carbocycles. The second kappa shape index (κ2) is 5.67. The van der Waals surface area contributed by atoms with Gasteiger partial charge in [0, 0.05) is 26.2 Å². The van der Waals surface area contributed by atoms with Crippen molar-refractivity contribution in [3.8, 4) is 0 Å². The summed E-state index contributed by atoms with van der Waals surface area (Å²) < 4.78 is 7.04. The van der Waals surface area contributed by atoms with Gasteiger partial charge >= 0.3 is 0 Å².